The molecule has 1 aromatic rings. The number of hydrogen-bond donors (Lipinski definition) is 2. The van der Waals surface area contributed by atoms with E-state index in [1.54, 1.807) is 7.11 Å². The van der Waals surface area contributed by atoms with Crippen molar-refractivity contribution < 1.29 is 14.1 Å². The summed E-state index contributed by atoms with van der Waals surface area (Å²) >= 11 is 0. The van der Waals surface area contributed by atoms with Crippen LogP contribution in [0.15, 0.2) is 4.52 Å². The fourth-order valence-corrected chi connectivity index (χ4v) is 2.25. The minimum absolute atomic E-state index is 0.0238. The normalized spacial score (nSPS) is 20.4. The van der Waals surface area contributed by atoms with Crippen molar-refractivity contribution in [2.24, 2.45) is 0 Å². The van der Waals surface area contributed by atoms with Gasteiger partial charge >= 0.3 is 0 Å². The number of carbonyl (C=O) groups excluding carboxylic acids is 1. The maximum Gasteiger partial charge on any atom is 0.245 e. The number of carbonyl (C=O) groups is 1. The van der Waals surface area contributed by atoms with Gasteiger partial charge in [0.15, 0.2) is 0 Å². The summed E-state index contributed by atoms with van der Waals surface area (Å²) in [6.07, 6.45) is 1.54. The van der Waals surface area contributed by atoms with Gasteiger partial charge in [0.05, 0.1) is 6.54 Å². The number of rotatable bonds is 5. The molecule has 0 bridgehead atoms. The SMILES string of the molecule is CCC(CC)(OC)c1noc(C2CNC(=O)CN2)n1. The summed E-state index contributed by atoms with van der Waals surface area (Å²) in [5, 5.41) is 9.85. The topological polar surface area (TPSA) is 89.3 Å². The van der Waals surface area contributed by atoms with Crippen LogP contribution < -0.4 is 10.6 Å². The molecule has 0 aromatic carbocycles. The Morgan fingerprint density at radius 1 is 1.47 bits per heavy atom. The number of nitrogens with zero attached hydrogens (tertiary/aromatic N) is 2. The van der Waals surface area contributed by atoms with Crippen molar-refractivity contribution in [1.82, 2.24) is 20.8 Å². The van der Waals surface area contributed by atoms with Gasteiger partial charge in [-0.1, -0.05) is 19.0 Å². The highest BCUT2D eigenvalue weighted by atomic mass is 16.5. The van der Waals surface area contributed by atoms with Gasteiger partial charge in [-0.15, -0.1) is 0 Å². The van der Waals surface area contributed by atoms with Crippen LogP contribution in [-0.2, 0) is 15.1 Å². The molecule has 1 saturated heterocycles. The molecule has 106 valence electrons. The molecule has 1 aromatic heterocycles. The molecule has 0 saturated carbocycles. The first kappa shape index (κ1) is 14.0. The largest absolute Gasteiger partial charge is 0.370 e. The zero-order valence-corrected chi connectivity index (χ0v) is 11.5. The van der Waals surface area contributed by atoms with Gasteiger partial charge in [0.25, 0.3) is 0 Å². The van der Waals surface area contributed by atoms with E-state index in [9.17, 15) is 4.79 Å². The fourth-order valence-electron chi connectivity index (χ4n) is 2.25. The molecule has 7 heteroatoms. The predicted molar refractivity (Wildman–Crippen MR) is 67.3 cm³/mol. The number of aromatic nitrogens is 2. The molecule has 19 heavy (non-hydrogen) atoms. The van der Waals surface area contributed by atoms with Crippen LogP contribution >= 0.6 is 0 Å². The van der Waals surface area contributed by atoms with Gasteiger partial charge in [0.1, 0.15) is 11.6 Å². The molecular formula is C12H20N4O3. The smallest absolute Gasteiger partial charge is 0.245 e. The Bertz CT molecular complexity index is 424. The average Bonchev–Trinajstić information content (AvgIpc) is 2.93. The van der Waals surface area contributed by atoms with E-state index < -0.39 is 5.60 Å². The highest BCUT2D eigenvalue weighted by Gasteiger charge is 2.35. The number of piperazine rings is 1. The van der Waals surface area contributed by atoms with E-state index in [2.05, 4.69) is 20.8 Å². The van der Waals surface area contributed by atoms with Gasteiger partial charge in [-0.25, -0.2) is 0 Å². The van der Waals surface area contributed by atoms with E-state index in [0.717, 1.165) is 12.8 Å². The van der Waals surface area contributed by atoms with E-state index in [4.69, 9.17) is 9.26 Å². The van der Waals surface area contributed by atoms with Crippen LogP contribution in [0.2, 0.25) is 0 Å². The first-order valence-corrected chi connectivity index (χ1v) is 6.54. The van der Waals surface area contributed by atoms with Crippen LogP contribution in [0, 0.1) is 0 Å². The van der Waals surface area contributed by atoms with Gasteiger partial charge in [-0.2, -0.15) is 4.98 Å². The zero-order chi connectivity index (χ0) is 13.9. The van der Waals surface area contributed by atoms with Crippen LogP contribution in [0.5, 0.6) is 0 Å². The lowest BCUT2D eigenvalue weighted by Gasteiger charge is -2.26. The summed E-state index contributed by atoms with van der Waals surface area (Å²) in [7, 11) is 1.65. The van der Waals surface area contributed by atoms with E-state index in [1.807, 2.05) is 13.8 Å². The number of amides is 1. The lowest BCUT2D eigenvalue weighted by atomic mass is 9.96. The van der Waals surface area contributed by atoms with Crippen LogP contribution in [0.3, 0.4) is 0 Å². The van der Waals surface area contributed by atoms with Crippen LogP contribution in [0.1, 0.15) is 44.4 Å². The van der Waals surface area contributed by atoms with Crippen molar-refractivity contribution in [3.05, 3.63) is 11.7 Å². The first-order valence-electron chi connectivity index (χ1n) is 6.54. The van der Waals surface area contributed by atoms with E-state index in [-0.39, 0.29) is 18.5 Å². The summed E-state index contributed by atoms with van der Waals surface area (Å²) in [5.41, 5.74) is -0.500. The number of methoxy groups -OCH3 is 1. The zero-order valence-electron chi connectivity index (χ0n) is 11.5. The number of hydrogen-bond acceptors (Lipinski definition) is 6. The van der Waals surface area contributed by atoms with E-state index >= 15 is 0 Å². The number of nitrogens with one attached hydrogen (secondary N) is 2. The molecule has 1 aliphatic rings. The molecule has 1 fully saturated rings. The van der Waals surface area contributed by atoms with Crippen molar-refractivity contribution in [2.75, 3.05) is 20.2 Å². The summed E-state index contributed by atoms with van der Waals surface area (Å²) < 4.78 is 10.9. The van der Waals surface area contributed by atoms with Crippen LogP contribution in [-0.4, -0.2) is 36.2 Å². The van der Waals surface area contributed by atoms with Crippen molar-refractivity contribution in [2.45, 2.75) is 38.3 Å². The van der Waals surface area contributed by atoms with Gasteiger partial charge in [0, 0.05) is 13.7 Å². The van der Waals surface area contributed by atoms with Gasteiger partial charge in [0.2, 0.25) is 17.6 Å². The van der Waals surface area contributed by atoms with Crippen molar-refractivity contribution in [3.8, 4) is 0 Å². The maximum atomic E-state index is 11.1. The second-order valence-corrected chi connectivity index (χ2v) is 4.60. The van der Waals surface area contributed by atoms with Crippen LogP contribution in [0.4, 0.5) is 0 Å². The third kappa shape index (κ3) is 2.62. The van der Waals surface area contributed by atoms with Crippen molar-refractivity contribution >= 4 is 5.91 Å². The highest BCUT2D eigenvalue weighted by molar-refractivity contribution is 5.78. The van der Waals surface area contributed by atoms with Crippen LogP contribution in [0.25, 0.3) is 0 Å². The molecular weight excluding hydrogens is 248 g/mol. The van der Waals surface area contributed by atoms with Crippen molar-refractivity contribution in [3.63, 3.8) is 0 Å². The molecule has 1 unspecified atom stereocenters. The lowest BCUT2D eigenvalue weighted by Crippen LogP contribution is -2.47. The predicted octanol–water partition coefficient (Wildman–Crippen LogP) is 0.492. The molecule has 1 atom stereocenters. The Hall–Kier alpha value is -1.47. The molecule has 0 spiro atoms. The lowest BCUT2D eigenvalue weighted by molar-refractivity contribution is -0.121. The fraction of sp³-hybridized carbons (Fsp3) is 0.750. The number of ether oxygens (including phenoxy) is 1. The quantitative estimate of drug-likeness (QED) is 0.808. The molecule has 2 rings (SSSR count). The maximum absolute atomic E-state index is 11.1. The average molecular weight is 268 g/mol. The summed E-state index contributed by atoms with van der Waals surface area (Å²) in [6, 6.07) is -0.137. The molecule has 2 N–H and O–H groups in total. The standard InChI is InChI=1S/C12H20N4O3/c1-4-12(5-2,18-3)11-15-10(19-16-11)8-6-14-9(17)7-13-8/h8,13H,4-7H2,1-3H3,(H,14,17). The summed E-state index contributed by atoms with van der Waals surface area (Å²) in [5.74, 6) is 1.02. The Balaban J connectivity index is 2.16. The minimum atomic E-state index is -0.500. The monoisotopic (exact) mass is 268 g/mol. The Morgan fingerprint density at radius 3 is 2.74 bits per heavy atom. The van der Waals surface area contributed by atoms with Gasteiger partial charge < -0.3 is 14.6 Å². The highest BCUT2D eigenvalue weighted by Crippen LogP contribution is 2.30. The second kappa shape index (κ2) is 5.66. The molecule has 2 heterocycles. The Kier molecular flexibility index (Phi) is 4.16. The van der Waals surface area contributed by atoms with Gasteiger partial charge in [-0.3, -0.25) is 10.1 Å². The van der Waals surface area contributed by atoms with E-state index in [0.29, 0.717) is 18.3 Å². The Morgan fingerprint density at radius 2 is 2.21 bits per heavy atom. The molecule has 0 aliphatic carbocycles. The minimum Gasteiger partial charge on any atom is -0.370 e. The third-order valence-corrected chi connectivity index (χ3v) is 3.69. The molecule has 1 amide bonds. The van der Waals surface area contributed by atoms with Gasteiger partial charge in [-0.05, 0) is 12.8 Å². The second-order valence-electron chi connectivity index (χ2n) is 4.60. The Labute approximate surface area is 112 Å². The summed E-state index contributed by atoms with van der Waals surface area (Å²) in [6.45, 7) is 4.78. The summed E-state index contributed by atoms with van der Waals surface area (Å²) in [4.78, 5) is 15.5. The third-order valence-electron chi connectivity index (χ3n) is 3.69. The van der Waals surface area contributed by atoms with Crippen molar-refractivity contribution in [1.29, 1.82) is 0 Å². The molecule has 0 radical (unpaired) electrons. The molecule has 1 aliphatic heterocycles. The first-order chi connectivity index (χ1) is 9.15. The molecule has 7 nitrogen and oxygen atoms in total. The van der Waals surface area contributed by atoms with E-state index in [1.165, 1.54) is 0 Å².